The van der Waals surface area contributed by atoms with E-state index in [1.54, 1.807) is 0 Å². The van der Waals surface area contributed by atoms with E-state index in [9.17, 15) is 13.6 Å². The molecule has 0 aliphatic rings. The number of nitrogens with one attached hydrogen (secondary N) is 2. The summed E-state index contributed by atoms with van der Waals surface area (Å²) in [5.74, 6) is 0. The Bertz CT molecular complexity index is 74.1. The van der Waals surface area contributed by atoms with Crippen molar-refractivity contribution >= 4 is 6.03 Å². The normalized spacial score (nSPS) is 9.00. The summed E-state index contributed by atoms with van der Waals surface area (Å²) in [4.78, 5) is 9.33. The lowest BCUT2D eigenvalue weighted by atomic mass is 11.0. The molecule has 2 amide bonds. The number of alkyl halides is 2. The van der Waals surface area contributed by atoms with Crippen molar-refractivity contribution in [3.63, 3.8) is 0 Å². The molecule has 0 heterocycles. The maximum absolute atomic E-state index is 10.8. The number of hydrogen-bond donors (Lipinski definition) is 1. The highest BCUT2D eigenvalue weighted by atomic mass is 19.3. The van der Waals surface area contributed by atoms with Gasteiger partial charge in [-0.25, -0.2) is 10.5 Å². The predicted octanol–water partition coefficient (Wildman–Crippen LogP) is 0.201. The van der Waals surface area contributed by atoms with Gasteiger partial charge in [-0.3, -0.25) is 5.32 Å². The molecule has 2 N–H and O–H groups in total. The third kappa shape index (κ3) is 5.13. The van der Waals surface area contributed by atoms with Gasteiger partial charge in [0.1, 0.15) is 0 Å². The van der Waals surface area contributed by atoms with E-state index in [4.69, 9.17) is 5.73 Å². The lowest BCUT2D eigenvalue weighted by Crippen LogP contribution is -2.27. The third-order valence-electron chi connectivity index (χ3n) is 0.240. The van der Waals surface area contributed by atoms with E-state index < -0.39 is 12.6 Å². The summed E-state index contributed by atoms with van der Waals surface area (Å²) in [5.41, 5.74) is 5.88. The summed E-state index contributed by atoms with van der Waals surface area (Å²) in [6.45, 7) is -2.91. The Morgan fingerprint density at radius 3 is 2.14 bits per heavy atom. The zero-order valence-corrected chi connectivity index (χ0v) is 3.24. The van der Waals surface area contributed by atoms with Crippen LogP contribution in [0, 0.1) is 0 Å². The fourth-order valence-corrected chi connectivity index (χ4v) is 0.0991. The summed E-state index contributed by atoms with van der Waals surface area (Å²) in [7, 11) is 0. The SMILES string of the molecule is [NH]C(=O)NC(F)F. The van der Waals surface area contributed by atoms with Crippen LogP contribution in [0.1, 0.15) is 0 Å². The minimum atomic E-state index is -2.91. The second-order valence-corrected chi connectivity index (χ2v) is 0.774. The first kappa shape index (κ1) is 6.13. The van der Waals surface area contributed by atoms with Crippen LogP contribution in [0.15, 0.2) is 0 Å². The van der Waals surface area contributed by atoms with Gasteiger partial charge in [0.15, 0.2) is 0 Å². The Hall–Kier alpha value is -0.870. The van der Waals surface area contributed by atoms with E-state index in [-0.39, 0.29) is 0 Å². The van der Waals surface area contributed by atoms with Gasteiger partial charge in [0, 0.05) is 0 Å². The van der Waals surface area contributed by atoms with Crippen molar-refractivity contribution in [3.8, 4) is 0 Å². The molecule has 0 aliphatic heterocycles. The van der Waals surface area contributed by atoms with Gasteiger partial charge in [-0.2, -0.15) is 8.78 Å². The molecule has 0 fully saturated rings. The van der Waals surface area contributed by atoms with Crippen molar-refractivity contribution in [2.24, 2.45) is 0 Å². The Kier molecular flexibility index (Phi) is 2.04. The van der Waals surface area contributed by atoms with Gasteiger partial charge in [0.05, 0.1) is 0 Å². The minimum Gasteiger partial charge on any atom is -0.280 e. The van der Waals surface area contributed by atoms with Crippen molar-refractivity contribution in [2.45, 2.75) is 6.55 Å². The number of halogens is 2. The molecule has 0 bridgehead atoms. The standard InChI is InChI=1S/C2H3F2N2O/c3-1(4)6-2(5)7/h1,5H,(H,6,7). The van der Waals surface area contributed by atoms with Crippen LogP contribution in [0.4, 0.5) is 13.6 Å². The van der Waals surface area contributed by atoms with Crippen LogP contribution in [0.3, 0.4) is 0 Å². The van der Waals surface area contributed by atoms with Crippen molar-refractivity contribution in [3.05, 3.63) is 0 Å². The Morgan fingerprint density at radius 2 is 2.14 bits per heavy atom. The highest BCUT2D eigenvalue weighted by Crippen LogP contribution is 1.81. The van der Waals surface area contributed by atoms with Crippen LogP contribution >= 0.6 is 0 Å². The van der Waals surface area contributed by atoms with E-state index in [0.717, 1.165) is 5.32 Å². The second-order valence-electron chi connectivity index (χ2n) is 0.774. The molecule has 0 saturated heterocycles. The van der Waals surface area contributed by atoms with Gasteiger partial charge < -0.3 is 0 Å². The molecule has 0 aromatic heterocycles. The summed E-state index contributed by atoms with van der Waals surface area (Å²) in [6, 6.07) is -1.46. The van der Waals surface area contributed by atoms with Crippen molar-refractivity contribution < 1.29 is 13.6 Å². The van der Waals surface area contributed by atoms with Crippen molar-refractivity contribution in [2.75, 3.05) is 0 Å². The van der Waals surface area contributed by atoms with Crippen LogP contribution in [-0.4, -0.2) is 12.6 Å². The van der Waals surface area contributed by atoms with Gasteiger partial charge >= 0.3 is 12.6 Å². The Morgan fingerprint density at radius 1 is 1.71 bits per heavy atom. The van der Waals surface area contributed by atoms with Crippen LogP contribution < -0.4 is 11.1 Å². The van der Waals surface area contributed by atoms with Crippen LogP contribution in [-0.2, 0) is 0 Å². The lowest BCUT2D eigenvalue weighted by molar-refractivity contribution is 0.117. The molecule has 0 rings (SSSR count). The molecular formula is C2H3F2N2O. The number of amides is 2. The molecule has 41 valence electrons. The molecule has 0 spiro atoms. The molecule has 0 aromatic rings. The van der Waals surface area contributed by atoms with E-state index in [1.807, 2.05) is 0 Å². The largest absolute Gasteiger partial charge is 0.337 e. The fraction of sp³-hybridized carbons (Fsp3) is 0.500. The molecule has 0 atom stereocenters. The Balaban J connectivity index is 3.13. The van der Waals surface area contributed by atoms with E-state index in [0.29, 0.717) is 0 Å². The molecule has 0 unspecified atom stereocenters. The molecule has 0 aromatic carbocycles. The van der Waals surface area contributed by atoms with Crippen LogP contribution in [0.5, 0.6) is 0 Å². The molecular weight excluding hydrogens is 106 g/mol. The van der Waals surface area contributed by atoms with Gasteiger partial charge in [-0.1, -0.05) is 0 Å². The van der Waals surface area contributed by atoms with Gasteiger partial charge in [-0.15, -0.1) is 0 Å². The second kappa shape index (κ2) is 2.33. The monoisotopic (exact) mass is 109 g/mol. The molecule has 0 saturated carbocycles. The average Bonchev–Trinajstić information content (AvgIpc) is 1.27. The van der Waals surface area contributed by atoms with Gasteiger partial charge in [-0.05, 0) is 0 Å². The molecule has 0 aliphatic carbocycles. The first-order chi connectivity index (χ1) is 3.13. The molecule has 1 radical (unpaired) electrons. The number of carbonyl (C=O) groups is 1. The van der Waals surface area contributed by atoms with Gasteiger partial charge in [0.2, 0.25) is 0 Å². The molecule has 5 heteroatoms. The van der Waals surface area contributed by atoms with E-state index >= 15 is 0 Å². The zero-order valence-electron chi connectivity index (χ0n) is 3.24. The third-order valence-corrected chi connectivity index (χ3v) is 0.240. The predicted molar refractivity (Wildman–Crippen MR) is 17.6 cm³/mol. The quantitative estimate of drug-likeness (QED) is 0.480. The van der Waals surface area contributed by atoms with E-state index in [2.05, 4.69) is 0 Å². The maximum Gasteiger partial charge on any atom is 0.337 e. The van der Waals surface area contributed by atoms with Crippen LogP contribution in [0.25, 0.3) is 0 Å². The maximum atomic E-state index is 10.8. The highest BCUT2D eigenvalue weighted by molar-refractivity contribution is 5.70. The zero-order chi connectivity index (χ0) is 5.86. The van der Waals surface area contributed by atoms with Gasteiger partial charge in [0.25, 0.3) is 0 Å². The summed E-state index contributed by atoms with van der Waals surface area (Å²) in [6.07, 6.45) is 0. The fourth-order valence-electron chi connectivity index (χ4n) is 0.0991. The van der Waals surface area contributed by atoms with Crippen molar-refractivity contribution in [1.29, 1.82) is 0 Å². The number of rotatable bonds is 1. The van der Waals surface area contributed by atoms with Crippen LogP contribution in [0.2, 0.25) is 0 Å². The number of hydrogen-bond acceptors (Lipinski definition) is 1. The smallest absolute Gasteiger partial charge is 0.280 e. The van der Waals surface area contributed by atoms with E-state index in [1.165, 1.54) is 0 Å². The topological polar surface area (TPSA) is 52.9 Å². The first-order valence-corrected chi connectivity index (χ1v) is 1.43. The average molecular weight is 109 g/mol. The Labute approximate surface area is 38.5 Å². The summed E-state index contributed by atoms with van der Waals surface area (Å²) < 4.78 is 21.7. The molecule has 7 heavy (non-hydrogen) atoms. The minimum absolute atomic E-state index is 1.00. The number of urea groups is 1. The summed E-state index contributed by atoms with van der Waals surface area (Å²) >= 11 is 0. The first-order valence-electron chi connectivity index (χ1n) is 1.43. The van der Waals surface area contributed by atoms with Crippen molar-refractivity contribution in [1.82, 2.24) is 11.1 Å². The highest BCUT2D eigenvalue weighted by Gasteiger charge is 2.01. The lowest BCUT2D eigenvalue weighted by Gasteiger charge is -1.92. The summed E-state index contributed by atoms with van der Waals surface area (Å²) in [5, 5.41) is 1.00. The molecule has 3 nitrogen and oxygen atoms in total. The number of carbonyl (C=O) groups excluding carboxylic acids is 1.